The van der Waals surface area contributed by atoms with Gasteiger partial charge in [0.05, 0.1) is 13.3 Å². The summed E-state index contributed by atoms with van der Waals surface area (Å²) in [5.74, 6) is -0.923. The third kappa shape index (κ3) is 1.57. The van der Waals surface area contributed by atoms with E-state index in [4.69, 9.17) is 5.73 Å². The molecular formula is C11H13FN2O2. The molecule has 1 saturated carbocycles. The van der Waals surface area contributed by atoms with Gasteiger partial charge >= 0.3 is 5.97 Å². The van der Waals surface area contributed by atoms with Crippen LogP contribution in [0.1, 0.15) is 18.4 Å². The molecule has 2 N–H and O–H groups in total. The summed E-state index contributed by atoms with van der Waals surface area (Å²) in [6, 6.07) is 0.764. The Balaban J connectivity index is 2.33. The first-order valence-electron chi connectivity index (χ1n) is 5.05. The van der Waals surface area contributed by atoms with Crippen molar-refractivity contribution in [2.24, 2.45) is 5.73 Å². The predicted molar refractivity (Wildman–Crippen MR) is 55.1 cm³/mol. The zero-order chi connectivity index (χ0) is 11.8. The fourth-order valence-corrected chi connectivity index (χ4v) is 2.01. The van der Waals surface area contributed by atoms with E-state index in [1.54, 1.807) is 6.07 Å². The highest BCUT2D eigenvalue weighted by Gasteiger charge is 2.54. The second-order valence-electron chi connectivity index (χ2n) is 4.01. The molecule has 1 unspecified atom stereocenters. The van der Waals surface area contributed by atoms with Crippen LogP contribution in [0.3, 0.4) is 0 Å². The lowest BCUT2D eigenvalue weighted by Crippen LogP contribution is -2.43. The molecule has 1 fully saturated rings. The smallest absolute Gasteiger partial charge is 0.323 e. The summed E-state index contributed by atoms with van der Waals surface area (Å²) in [5.41, 5.74) is 5.67. The molecule has 0 aliphatic heterocycles. The Morgan fingerprint density at radius 2 is 2.38 bits per heavy atom. The molecule has 0 aromatic carbocycles. The van der Waals surface area contributed by atoms with Gasteiger partial charge in [-0.15, -0.1) is 0 Å². The summed E-state index contributed by atoms with van der Waals surface area (Å²) in [4.78, 5) is 15.1. The number of hydrogen-bond donors (Lipinski definition) is 1. The topological polar surface area (TPSA) is 65.2 Å². The number of methoxy groups -OCH3 is 1. The Bertz CT molecular complexity index is 418. The lowest BCUT2D eigenvalue weighted by Gasteiger charge is -2.21. The predicted octanol–water partition coefficient (Wildman–Crippen LogP) is 0.753. The van der Waals surface area contributed by atoms with Crippen molar-refractivity contribution >= 4 is 5.97 Å². The number of nitrogens with two attached hydrogens (primary N) is 1. The second kappa shape index (κ2) is 3.83. The Labute approximate surface area is 92.6 Å². The van der Waals surface area contributed by atoms with Crippen molar-refractivity contribution < 1.29 is 13.9 Å². The number of halogens is 1. The van der Waals surface area contributed by atoms with Crippen LogP contribution in [-0.4, -0.2) is 24.1 Å². The maximum atomic E-state index is 13.6. The summed E-state index contributed by atoms with van der Waals surface area (Å²) in [6.07, 6.45) is 4.04. The van der Waals surface area contributed by atoms with Crippen LogP contribution in [0.5, 0.6) is 0 Å². The average molecular weight is 224 g/mol. The van der Waals surface area contributed by atoms with Gasteiger partial charge in [0.2, 0.25) is 0 Å². The van der Waals surface area contributed by atoms with Crippen LogP contribution in [-0.2, 0) is 14.9 Å². The van der Waals surface area contributed by atoms with Crippen molar-refractivity contribution in [1.29, 1.82) is 0 Å². The van der Waals surface area contributed by atoms with Crippen LogP contribution in [0.15, 0.2) is 18.5 Å². The van der Waals surface area contributed by atoms with Gasteiger partial charge in [-0.2, -0.15) is 0 Å². The molecule has 1 atom stereocenters. The zero-order valence-electron chi connectivity index (χ0n) is 8.94. The quantitative estimate of drug-likeness (QED) is 0.769. The van der Waals surface area contributed by atoms with Gasteiger partial charge in [0.15, 0.2) is 0 Å². The van der Waals surface area contributed by atoms with E-state index in [1.165, 1.54) is 13.3 Å². The van der Waals surface area contributed by atoms with Crippen LogP contribution >= 0.6 is 0 Å². The molecule has 0 radical (unpaired) electrons. The minimum absolute atomic E-state index is 0.417. The van der Waals surface area contributed by atoms with Crippen molar-refractivity contribution in [2.45, 2.75) is 24.3 Å². The fraction of sp³-hybridized carbons (Fsp3) is 0.455. The third-order valence-corrected chi connectivity index (χ3v) is 3.15. The molecule has 2 rings (SSSR count). The van der Waals surface area contributed by atoms with E-state index >= 15 is 0 Å². The normalized spacial score (nSPS) is 18.9. The van der Waals surface area contributed by atoms with E-state index in [-0.39, 0.29) is 0 Å². The second-order valence-corrected chi connectivity index (χ2v) is 4.01. The van der Waals surface area contributed by atoms with Crippen LogP contribution in [0.2, 0.25) is 0 Å². The third-order valence-electron chi connectivity index (χ3n) is 3.15. The number of pyridine rings is 1. The Hall–Kier alpha value is -1.49. The van der Waals surface area contributed by atoms with Crippen molar-refractivity contribution in [3.8, 4) is 0 Å². The zero-order valence-corrected chi connectivity index (χ0v) is 8.94. The van der Waals surface area contributed by atoms with Crippen molar-refractivity contribution in [1.82, 2.24) is 4.98 Å². The highest BCUT2D eigenvalue weighted by atomic mass is 19.1. The van der Waals surface area contributed by atoms with Crippen LogP contribution in [0, 0.1) is 5.82 Å². The van der Waals surface area contributed by atoms with E-state index in [1.807, 2.05) is 0 Å². The monoisotopic (exact) mass is 224 g/mol. The number of carbonyl (C=O) groups excluding carboxylic acids is 1. The van der Waals surface area contributed by atoms with Gasteiger partial charge < -0.3 is 10.5 Å². The van der Waals surface area contributed by atoms with E-state index < -0.39 is 23.2 Å². The summed E-state index contributed by atoms with van der Waals surface area (Å²) in [5, 5.41) is 0. The highest BCUT2D eigenvalue weighted by Crippen LogP contribution is 2.51. The fourth-order valence-electron chi connectivity index (χ4n) is 2.01. The molecule has 0 amide bonds. The molecule has 4 nitrogen and oxygen atoms in total. The summed E-state index contributed by atoms with van der Waals surface area (Å²) >= 11 is 0. The summed E-state index contributed by atoms with van der Waals surface area (Å²) in [6.45, 7) is 0. The molecular weight excluding hydrogens is 211 g/mol. The molecule has 1 aromatic heterocycles. The molecule has 1 aliphatic rings. The summed E-state index contributed by atoms with van der Waals surface area (Å²) < 4.78 is 18.2. The van der Waals surface area contributed by atoms with Crippen LogP contribution in [0.4, 0.5) is 4.39 Å². The Morgan fingerprint density at radius 1 is 1.69 bits per heavy atom. The number of rotatable bonds is 3. The molecule has 0 bridgehead atoms. The van der Waals surface area contributed by atoms with Crippen LogP contribution in [0.25, 0.3) is 0 Å². The molecule has 0 saturated heterocycles. The van der Waals surface area contributed by atoms with Gasteiger partial charge in [0.25, 0.3) is 0 Å². The molecule has 5 heteroatoms. The van der Waals surface area contributed by atoms with Crippen LogP contribution < -0.4 is 5.73 Å². The minimum atomic E-state index is -0.811. The van der Waals surface area contributed by atoms with Gasteiger partial charge in [-0.25, -0.2) is 4.39 Å². The van der Waals surface area contributed by atoms with E-state index in [0.29, 0.717) is 18.4 Å². The number of hydrogen-bond acceptors (Lipinski definition) is 4. The molecule has 16 heavy (non-hydrogen) atoms. The van der Waals surface area contributed by atoms with E-state index in [9.17, 15) is 9.18 Å². The first-order chi connectivity index (χ1) is 7.62. The maximum Gasteiger partial charge on any atom is 0.323 e. The van der Waals surface area contributed by atoms with Gasteiger partial charge in [0, 0.05) is 11.6 Å². The van der Waals surface area contributed by atoms with Gasteiger partial charge in [-0.05, 0) is 24.5 Å². The van der Waals surface area contributed by atoms with Gasteiger partial charge in [-0.3, -0.25) is 9.78 Å². The minimum Gasteiger partial charge on any atom is -0.468 e. The molecule has 0 spiro atoms. The van der Waals surface area contributed by atoms with E-state index in [0.717, 1.165) is 6.20 Å². The largest absolute Gasteiger partial charge is 0.468 e. The lowest BCUT2D eigenvalue weighted by atomic mass is 9.89. The summed E-state index contributed by atoms with van der Waals surface area (Å²) in [7, 11) is 1.28. The number of ether oxygens (including phenoxy) is 1. The molecule has 1 heterocycles. The average Bonchev–Trinajstić information content (AvgIpc) is 3.09. The Morgan fingerprint density at radius 3 is 2.88 bits per heavy atom. The van der Waals surface area contributed by atoms with Crippen molar-refractivity contribution in [2.75, 3.05) is 7.11 Å². The molecule has 86 valence electrons. The number of nitrogens with zero attached hydrogens (tertiary/aromatic N) is 1. The van der Waals surface area contributed by atoms with Gasteiger partial charge in [-0.1, -0.05) is 0 Å². The maximum absolute atomic E-state index is 13.6. The standard InChI is InChI=1S/C11H13FN2O2/c1-16-10(15)9(13)11(3-4-11)7-2-5-14-6-8(7)12/h2,5-6,9H,3-4,13H2,1H3. The lowest BCUT2D eigenvalue weighted by molar-refractivity contribution is -0.143. The highest BCUT2D eigenvalue weighted by molar-refractivity contribution is 5.78. The first-order valence-corrected chi connectivity index (χ1v) is 5.05. The first kappa shape index (κ1) is 11.0. The number of carbonyl (C=O) groups is 1. The van der Waals surface area contributed by atoms with Crippen molar-refractivity contribution in [3.63, 3.8) is 0 Å². The van der Waals surface area contributed by atoms with E-state index in [2.05, 4.69) is 9.72 Å². The molecule has 1 aromatic rings. The number of aromatic nitrogens is 1. The van der Waals surface area contributed by atoms with Crippen molar-refractivity contribution in [3.05, 3.63) is 29.8 Å². The Kier molecular flexibility index (Phi) is 2.63. The SMILES string of the molecule is COC(=O)C(N)C1(c2ccncc2F)CC1. The number of esters is 1. The van der Waals surface area contributed by atoms with Gasteiger partial charge in [0.1, 0.15) is 11.9 Å². The molecule has 1 aliphatic carbocycles.